The van der Waals surface area contributed by atoms with E-state index < -0.39 is 0 Å². The minimum absolute atomic E-state index is 0.310. The highest BCUT2D eigenvalue weighted by molar-refractivity contribution is 5.23. The SMILES string of the molecule is Fc1ccccc1OCCC1COCCN1. The molecular formula is C12H16FNO2. The van der Waals surface area contributed by atoms with Crippen molar-refractivity contribution in [1.82, 2.24) is 5.32 Å². The molecule has 1 aliphatic heterocycles. The van der Waals surface area contributed by atoms with Crippen LogP contribution in [-0.4, -0.2) is 32.4 Å². The first-order valence-corrected chi connectivity index (χ1v) is 5.55. The van der Waals surface area contributed by atoms with Gasteiger partial charge in [-0.15, -0.1) is 0 Å². The van der Waals surface area contributed by atoms with Crippen molar-refractivity contribution in [2.45, 2.75) is 12.5 Å². The summed E-state index contributed by atoms with van der Waals surface area (Å²) in [6.45, 7) is 2.86. The number of hydrogen-bond donors (Lipinski definition) is 1. The highest BCUT2D eigenvalue weighted by atomic mass is 19.1. The van der Waals surface area contributed by atoms with Gasteiger partial charge in [0.1, 0.15) is 0 Å². The summed E-state index contributed by atoms with van der Waals surface area (Å²) in [6, 6.07) is 6.77. The molecule has 1 fully saturated rings. The lowest BCUT2D eigenvalue weighted by atomic mass is 10.2. The Morgan fingerprint density at radius 2 is 2.31 bits per heavy atom. The third-order valence-electron chi connectivity index (χ3n) is 2.56. The Morgan fingerprint density at radius 1 is 1.44 bits per heavy atom. The summed E-state index contributed by atoms with van der Waals surface area (Å²) in [5.41, 5.74) is 0. The molecule has 88 valence electrons. The van der Waals surface area contributed by atoms with Crippen molar-refractivity contribution >= 4 is 0 Å². The van der Waals surface area contributed by atoms with Crippen molar-refractivity contribution in [3.05, 3.63) is 30.1 Å². The Morgan fingerprint density at radius 3 is 3.06 bits per heavy atom. The minimum Gasteiger partial charge on any atom is -0.490 e. The average molecular weight is 225 g/mol. The van der Waals surface area contributed by atoms with Gasteiger partial charge in [0, 0.05) is 12.6 Å². The molecule has 1 aromatic rings. The Balaban J connectivity index is 1.73. The molecule has 0 spiro atoms. The molecule has 1 atom stereocenters. The van der Waals surface area contributed by atoms with Gasteiger partial charge in [-0.2, -0.15) is 0 Å². The van der Waals surface area contributed by atoms with Gasteiger partial charge in [0.25, 0.3) is 0 Å². The number of benzene rings is 1. The van der Waals surface area contributed by atoms with Crippen LogP contribution in [0.2, 0.25) is 0 Å². The molecule has 2 rings (SSSR count). The van der Waals surface area contributed by atoms with Crippen LogP contribution in [0, 0.1) is 5.82 Å². The molecule has 1 saturated heterocycles. The molecule has 1 unspecified atom stereocenters. The zero-order chi connectivity index (χ0) is 11.2. The third kappa shape index (κ3) is 3.18. The Labute approximate surface area is 94.6 Å². The van der Waals surface area contributed by atoms with E-state index in [0.29, 0.717) is 25.0 Å². The smallest absolute Gasteiger partial charge is 0.165 e. The van der Waals surface area contributed by atoms with Crippen LogP contribution >= 0.6 is 0 Å². The van der Waals surface area contributed by atoms with Crippen molar-refractivity contribution in [3.8, 4) is 5.75 Å². The molecule has 1 N–H and O–H groups in total. The first kappa shape index (κ1) is 11.4. The first-order valence-electron chi connectivity index (χ1n) is 5.55. The van der Waals surface area contributed by atoms with Gasteiger partial charge in [0.2, 0.25) is 0 Å². The molecule has 4 heteroatoms. The van der Waals surface area contributed by atoms with Gasteiger partial charge >= 0.3 is 0 Å². The molecule has 3 nitrogen and oxygen atoms in total. The van der Waals surface area contributed by atoms with Gasteiger partial charge in [0.05, 0.1) is 19.8 Å². The second-order valence-electron chi connectivity index (χ2n) is 3.79. The number of hydrogen-bond acceptors (Lipinski definition) is 3. The van der Waals surface area contributed by atoms with Crippen LogP contribution < -0.4 is 10.1 Å². The maximum Gasteiger partial charge on any atom is 0.165 e. The average Bonchev–Trinajstić information content (AvgIpc) is 2.33. The van der Waals surface area contributed by atoms with E-state index in [4.69, 9.17) is 9.47 Å². The topological polar surface area (TPSA) is 30.5 Å². The molecule has 0 amide bonds. The lowest BCUT2D eigenvalue weighted by Gasteiger charge is -2.23. The van der Waals surface area contributed by atoms with Crippen LogP contribution in [0.3, 0.4) is 0 Å². The van der Waals surface area contributed by atoms with Crippen molar-refractivity contribution in [2.24, 2.45) is 0 Å². The van der Waals surface area contributed by atoms with Crippen molar-refractivity contribution in [3.63, 3.8) is 0 Å². The number of rotatable bonds is 4. The van der Waals surface area contributed by atoms with Gasteiger partial charge in [-0.25, -0.2) is 4.39 Å². The van der Waals surface area contributed by atoms with Gasteiger partial charge in [0.15, 0.2) is 11.6 Å². The summed E-state index contributed by atoms with van der Waals surface area (Å²) in [4.78, 5) is 0. The minimum atomic E-state index is -0.310. The van der Waals surface area contributed by atoms with Gasteiger partial charge < -0.3 is 14.8 Å². The largest absolute Gasteiger partial charge is 0.490 e. The normalized spacial score (nSPS) is 20.7. The van der Waals surface area contributed by atoms with Gasteiger partial charge in [-0.3, -0.25) is 0 Å². The number of halogens is 1. The van der Waals surface area contributed by atoms with Crippen LogP contribution in [0.15, 0.2) is 24.3 Å². The fourth-order valence-electron chi connectivity index (χ4n) is 1.68. The van der Waals surface area contributed by atoms with Crippen molar-refractivity contribution in [2.75, 3.05) is 26.4 Å². The van der Waals surface area contributed by atoms with E-state index in [1.165, 1.54) is 6.07 Å². The molecule has 1 aliphatic rings. The summed E-state index contributed by atoms with van der Waals surface area (Å²) in [5, 5.41) is 3.32. The van der Waals surface area contributed by atoms with E-state index in [9.17, 15) is 4.39 Å². The van der Waals surface area contributed by atoms with Gasteiger partial charge in [-0.05, 0) is 18.6 Å². The lowest BCUT2D eigenvalue weighted by molar-refractivity contribution is 0.0689. The van der Waals surface area contributed by atoms with E-state index in [0.717, 1.165) is 19.6 Å². The van der Waals surface area contributed by atoms with Crippen LogP contribution in [0.5, 0.6) is 5.75 Å². The predicted octanol–water partition coefficient (Wildman–Crippen LogP) is 1.58. The Bertz CT molecular complexity index is 327. The summed E-state index contributed by atoms with van der Waals surface area (Å²) in [6.07, 6.45) is 0.828. The third-order valence-corrected chi connectivity index (χ3v) is 2.56. The summed E-state index contributed by atoms with van der Waals surface area (Å²) in [5.74, 6) is 0.00887. The van der Waals surface area contributed by atoms with Crippen LogP contribution in [0.25, 0.3) is 0 Å². The van der Waals surface area contributed by atoms with E-state index in [2.05, 4.69) is 5.32 Å². The van der Waals surface area contributed by atoms with E-state index in [1.54, 1.807) is 18.2 Å². The number of morpholine rings is 1. The fraction of sp³-hybridized carbons (Fsp3) is 0.500. The summed E-state index contributed by atoms with van der Waals surface area (Å²) >= 11 is 0. The van der Waals surface area contributed by atoms with E-state index in [-0.39, 0.29) is 5.82 Å². The molecule has 0 aliphatic carbocycles. The van der Waals surface area contributed by atoms with Gasteiger partial charge in [-0.1, -0.05) is 12.1 Å². The predicted molar refractivity (Wildman–Crippen MR) is 59.1 cm³/mol. The van der Waals surface area contributed by atoms with E-state index >= 15 is 0 Å². The highest BCUT2D eigenvalue weighted by Gasteiger charge is 2.12. The molecule has 0 radical (unpaired) electrons. The fourth-order valence-corrected chi connectivity index (χ4v) is 1.68. The summed E-state index contributed by atoms with van der Waals surface area (Å²) < 4.78 is 23.9. The maximum atomic E-state index is 13.2. The second kappa shape index (κ2) is 5.82. The first-order chi connectivity index (χ1) is 7.86. The number of ether oxygens (including phenoxy) is 2. The molecule has 0 bridgehead atoms. The number of para-hydroxylation sites is 1. The molecule has 0 aromatic heterocycles. The maximum absolute atomic E-state index is 13.2. The Kier molecular flexibility index (Phi) is 4.13. The van der Waals surface area contributed by atoms with Crippen molar-refractivity contribution < 1.29 is 13.9 Å². The van der Waals surface area contributed by atoms with Crippen LogP contribution in [0.4, 0.5) is 4.39 Å². The standard InChI is InChI=1S/C12H16FNO2/c13-11-3-1-2-4-12(11)16-7-5-10-9-15-8-6-14-10/h1-4,10,14H,5-9H2. The quantitative estimate of drug-likeness (QED) is 0.844. The zero-order valence-corrected chi connectivity index (χ0v) is 9.12. The molecule has 1 aromatic carbocycles. The second-order valence-corrected chi connectivity index (χ2v) is 3.79. The van der Waals surface area contributed by atoms with Crippen LogP contribution in [-0.2, 0) is 4.74 Å². The monoisotopic (exact) mass is 225 g/mol. The van der Waals surface area contributed by atoms with E-state index in [1.807, 2.05) is 0 Å². The zero-order valence-electron chi connectivity index (χ0n) is 9.12. The highest BCUT2D eigenvalue weighted by Crippen LogP contribution is 2.15. The molecule has 0 saturated carbocycles. The number of nitrogens with one attached hydrogen (secondary N) is 1. The molecular weight excluding hydrogens is 209 g/mol. The molecule has 1 heterocycles. The molecule has 16 heavy (non-hydrogen) atoms. The Hall–Kier alpha value is -1.13. The summed E-state index contributed by atoms with van der Waals surface area (Å²) in [7, 11) is 0. The lowest BCUT2D eigenvalue weighted by Crippen LogP contribution is -2.42. The van der Waals surface area contributed by atoms with Crippen LogP contribution in [0.1, 0.15) is 6.42 Å². The van der Waals surface area contributed by atoms with Crippen molar-refractivity contribution in [1.29, 1.82) is 0 Å².